The first-order chi connectivity index (χ1) is 10.2. The number of nitrogens with zero attached hydrogens (tertiary/aromatic N) is 1. The highest BCUT2D eigenvalue weighted by Gasteiger charge is 2.32. The van der Waals surface area contributed by atoms with Crippen LogP contribution in [-0.4, -0.2) is 35.8 Å². The molecule has 1 heterocycles. The van der Waals surface area contributed by atoms with Crippen LogP contribution in [0.15, 0.2) is 30.3 Å². The lowest BCUT2D eigenvalue weighted by Gasteiger charge is -2.32. The van der Waals surface area contributed by atoms with Gasteiger partial charge in [-0.2, -0.15) is 0 Å². The van der Waals surface area contributed by atoms with E-state index in [0.29, 0.717) is 19.4 Å². The van der Waals surface area contributed by atoms with Gasteiger partial charge in [0.1, 0.15) is 6.04 Å². The Kier molecular flexibility index (Phi) is 5.39. The number of carbonyl (C=O) groups is 2. The topological polar surface area (TPSA) is 49.4 Å². The fourth-order valence-electron chi connectivity index (χ4n) is 2.48. The molecule has 0 aliphatic carbocycles. The highest BCUT2D eigenvalue weighted by Crippen LogP contribution is 2.10. The van der Waals surface area contributed by atoms with Crippen LogP contribution in [0.3, 0.4) is 0 Å². The SMILES string of the molecule is C#CCCCCN1CC(=O)NC(Cc2ccccc2)C1=O. The van der Waals surface area contributed by atoms with Crippen LogP contribution >= 0.6 is 0 Å². The highest BCUT2D eigenvalue weighted by molar-refractivity contribution is 5.95. The third-order valence-electron chi connectivity index (χ3n) is 3.56. The number of unbranched alkanes of at least 4 members (excludes halogenated alkanes) is 2. The zero-order valence-electron chi connectivity index (χ0n) is 12.0. The molecule has 1 atom stereocenters. The molecule has 0 radical (unpaired) electrons. The smallest absolute Gasteiger partial charge is 0.245 e. The van der Waals surface area contributed by atoms with Crippen molar-refractivity contribution >= 4 is 11.8 Å². The van der Waals surface area contributed by atoms with Crippen molar-refractivity contribution in [3.8, 4) is 12.3 Å². The van der Waals surface area contributed by atoms with Crippen molar-refractivity contribution in [3.63, 3.8) is 0 Å². The number of piperazine rings is 1. The van der Waals surface area contributed by atoms with Crippen LogP contribution in [0.5, 0.6) is 0 Å². The number of hydrogen-bond acceptors (Lipinski definition) is 2. The first-order valence-electron chi connectivity index (χ1n) is 7.26. The monoisotopic (exact) mass is 284 g/mol. The number of carbonyl (C=O) groups excluding carboxylic acids is 2. The van der Waals surface area contributed by atoms with E-state index in [-0.39, 0.29) is 18.4 Å². The number of nitrogens with one attached hydrogen (secondary N) is 1. The van der Waals surface area contributed by atoms with E-state index in [4.69, 9.17) is 6.42 Å². The van der Waals surface area contributed by atoms with Gasteiger partial charge in [0.05, 0.1) is 6.54 Å². The van der Waals surface area contributed by atoms with Crippen molar-refractivity contribution in [1.82, 2.24) is 10.2 Å². The lowest BCUT2D eigenvalue weighted by Crippen LogP contribution is -2.58. The summed E-state index contributed by atoms with van der Waals surface area (Å²) in [6.45, 7) is 0.749. The Hall–Kier alpha value is -2.28. The molecule has 0 bridgehead atoms. The number of rotatable bonds is 6. The molecule has 1 N–H and O–H groups in total. The molecule has 1 aliphatic rings. The zero-order chi connectivity index (χ0) is 15.1. The van der Waals surface area contributed by atoms with Crippen LogP contribution < -0.4 is 5.32 Å². The molecule has 1 fully saturated rings. The summed E-state index contributed by atoms with van der Waals surface area (Å²) in [5, 5.41) is 2.78. The molecule has 2 amide bonds. The van der Waals surface area contributed by atoms with Crippen LogP contribution in [0.1, 0.15) is 24.8 Å². The van der Waals surface area contributed by atoms with Gasteiger partial charge in [0.15, 0.2) is 0 Å². The maximum absolute atomic E-state index is 12.4. The molecule has 1 saturated heterocycles. The van der Waals surface area contributed by atoms with E-state index in [0.717, 1.165) is 18.4 Å². The Morgan fingerprint density at radius 1 is 1.24 bits per heavy atom. The van der Waals surface area contributed by atoms with Crippen LogP contribution in [0.25, 0.3) is 0 Å². The molecule has 21 heavy (non-hydrogen) atoms. The zero-order valence-corrected chi connectivity index (χ0v) is 12.0. The van der Waals surface area contributed by atoms with Gasteiger partial charge in [-0.1, -0.05) is 30.3 Å². The number of hydrogen-bond donors (Lipinski definition) is 1. The Labute approximate surface area is 125 Å². The Balaban J connectivity index is 1.94. The fraction of sp³-hybridized carbons (Fsp3) is 0.412. The van der Waals surface area contributed by atoms with E-state index < -0.39 is 6.04 Å². The molecule has 4 heteroatoms. The highest BCUT2D eigenvalue weighted by atomic mass is 16.2. The molecule has 110 valence electrons. The number of terminal acetylenes is 1. The van der Waals surface area contributed by atoms with Crippen molar-refractivity contribution in [3.05, 3.63) is 35.9 Å². The van der Waals surface area contributed by atoms with Crippen molar-refractivity contribution in [2.24, 2.45) is 0 Å². The summed E-state index contributed by atoms with van der Waals surface area (Å²) >= 11 is 0. The molecule has 0 saturated carbocycles. The van der Waals surface area contributed by atoms with Gasteiger partial charge < -0.3 is 10.2 Å². The lowest BCUT2D eigenvalue weighted by atomic mass is 10.0. The van der Waals surface area contributed by atoms with Crippen LogP contribution in [-0.2, 0) is 16.0 Å². The molecular formula is C17H20N2O2. The normalized spacial score (nSPS) is 18.2. The Morgan fingerprint density at radius 3 is 2.71 bits per heavy atom. The van der Waals surface area contributed by atoms with Gasteiger partial charge >= 0.3 is 0 Å². The van der Waals surface area contributed by atoms with Gasteiger partial charge in [-0.15, -0.1) is 12.3 Å². The first-order valence-corrected chi connectivity index (χ1v) is 7.26. The van der Waals surface area contributed by atoms with E-state index in [1.807, 2.05) is 30.3 Å². The molecule has 1 aromatic rings. The second-order valence-corrected chi connectivity index (χ2v) is 5.23. The van der Waals surface area contributed by atoms with Gasteiger partial charge in [0.25, 0.3) is 0 Å². The summed E-state index contributed by atoms with van der Waals surface area (Å²) < 4.78 is 0. The van der Waals surface area contributed by atoms with Gasteiger partial charge in [0, 0.05) is 19.4 Å². The minimum Gasteiger partial charge on any atom is -0.342 e. The third kappa shape index (κ3) is 4.35. The minimum absolute atomic E-state index is 0.000777. The predicted molar refractivity (Wildman–Crippen MR) is 81.3 cm³/mol. The maximum Gasteiger partial charge on any atom is 0.245 e. The molecule has 1 aromatic carbocycles. The Bertz CT molecular complexity index is 533. The van der Waals surface area contributed by atoms with E-state index in [2.05, 4.69) is 11.2 Å². The van der Waals surface area contributed by atoms with Crippen LogP contribution in [0.4, 0.5) is 0 Å². The van der Waals surface area contributed by atoms with Crippen molar-refractivity contribution in [2.45, 2.75) is 31.7 Å². The molecular weight excluding hydrogens is 264 g/mol. The summed E-state index contributed by atoms with van der Waals surface area (Å²) in [4.78, 5) is 25.8. The van der Waals surface area contributed by atoms with Gasteiger partial charge in [-0.05, 0) is 18.4 Å². The number of benzene rings is 1. The second-order valence-electron chi connectivity index (χ2n) is 5.23. The average molecular weight is 284 g/mol. The molecule has 0 aromatic heterocycles. The summed E-state index contributed by atoms with van der Waals surface area (Å²) in [7, 11) is 0. The molecule has 1 aliphatic heterocycles. The molecule has 4 nitrogen and oxygen atoms in total. The predicted octanol–water partition coefficient (Wildman–Crippen LogP) is 1.36. The van der Waals surface area contributed by atoms with E-state index in [1.54, 1.807) is 4.90 Å². The van der Waals surface area contributed by atoms with Crippen molar-refractivity contribution in [2.75, 3.05) is 13.1 Å². The van der Waals surface area contributed by atoms with Crippen LogP contribution in [0.2, 0.25) is 0 Å². The van der Waals surface area contributed by atoms with Gasteiger partial charge in [-0.3, -0.25) is 9.59 Å². The second kappa shape index (κ2) is 7.49. The van der Waals surface area contributed by atoms with E-state index in [9.17, 15) is 9.59 Å². The molecule has 2 rings (SSSR count). The fourth-order valence-corrected chi connectivity index (χ4v) is 2.48. The summed E-state index contributed by atoms with van der Waals surface area (Å²) in [6, 6.07) is 9.27. The molecule has 1 unspecified atom stereocenters. The quantitative estimate of drug-likeness (QED) is 0.633. The third-order valence-corrected chi connectivity index (χ3v) is 3.56. The van der Waals surface area contributed by atoms with Gasteiger partial charge in [-0.25, -0.2) is 0 Å². The van der Waals surface area contributed by atoms with E-state index >= 15 is 0 Å². The largest absolute Gasteiger partial charge is 0.342 e. The summed E-state index contributed by atoms with van der Waals surface area (Å²) in [5.41, 5.74) is 1.05. The number of amides is 2. The maximum atomic E-state index is 12.4. The molecule has 0 spiro atoms. The summed E-state index contributed by atoms with van der Waals surface area (Å²) in [5.74, 6) is 2.49. The van der Waals surface area contributed by atoms with Crippen molar-refractivity contribution in [1.29, 1.82) is 0 Å². The Morgan fingerprint density at radius 2 is 2.00 bits per heavy atom. The van der Waals surface area contributed by atoms with E-state index in [1.165, 1.54) is 0 Å². The first kappa shape index (κ1) is 15.1. The standard InChI is InChI=1S/C17H20N2O2/c1-2-3-4-8-11-19-13-16(20)18-15(17(19)21)12-14-9-6-5-7-10-14/h1,5-7,9-10,15H,3-4,8,11-13H2,(H,18,20). The minimum atomic E-state index is -0.457. The van der Waals surface area contributed by atoms with Crippen LogP contribution in [0, 0.1) is 12.3 Å². The average Bonchev–Trinajstić information content (AvgIpc) is 2.49. The summed E-state index contributed by atoms with van der Waals surface area (Å²) in [6.07, 6.45) is 8.17. The lowest BCUT2D eigenvalue weighted by molar-refractivity contribution is -0.144. The van der Waals surface area contributed by atoms with Gasteiger partial charge in [0.2, 0.25) is 11.8 Å². The van der Waals surface area contributed by atoms with Crippen molar-refractivity contribution < 1.29 is 9.59 Å².